The number of carbonyl (C=O) groups excluding carboxylic acids is 3. The minimum Gasteiger partial charge on any atom is -0.349 e. The van der Waals surface area contributed by atoms with Crippen LogP contribution < -0.4 is 15.1 Å². The third-order valence-corrected chi connectivity index (χ3v) is 6.03. The van der Waals surface area contributed by atoms with Gasteiger partial charge in [-0.15, -0.1) is 0 Å². The van der Waals surface area contributed by atoms with Gasteiger partial charge in [0.1, 0.15) is 0 Å². The summed E-state index contributed by atoms with van der Waals surface area (Å²) in [5.41, 5.74) is 3.85. The number of hydrogen-bond acceptors (Lipinski definition) is 3. The molecule has 1 N–H and O–H groups in total. The van der Waals surface area contributed by atoms with Crippen LogP contribution in [-0.4, -0.2) is 30.8 Å². The lowest BCUT2D eigenvalue weighted by Gasteiger charge is -2.20. The lowest BCUT2D eigenvalue weighted by Crippen LogP contribution is -2.34. The largest absolute Gasteiger partial charge is 0.349 e. The van der Waals surface area contributed by atoms with E-state index < -0.39 is 0 Å². The van der Waals surface area contributed by atoms with Crippen molar-refractivity contribution < 1.29 is 14.4 Å². The first kappa shape index (κ1) is 20.1. The van der Waals surface area contributed by atoms with Crippen LogP contribution in [0.1, 0.15) is 43.9 Å². The fourth-order valence-corrected chi connectivity index (χ4v) is 4.30. The Bertz CT molecular complexity index is 973. The normalized spacial score (nSPS) is 19.0. The molecule has 2 heterocycles. The highest BCUT2D eigenvalue weighted by molar-refractivity contribution is 6.01. The second-order valence-electron chi connectivity index (χ2n) is 8.01. The summed E-state index contributed by atoms with van der Waals surface area (Å²) in [5.74, 6) is -0.386. The number of nitrogens with zero attached hydrogens (tertiary/aromatic N) is 2. The van der Waals surface area contributed by atoms with Crippen molar-refractivity contribution in [3.05, 3.63) is 59.7 Å². The van der Waals surface area contributed by atoms with Crippen molar-refractivity contribution in [2.45, 2.75) is 39.2 Å². The number of rotatable bonds is 5. The van der Waals surface area contributed by atoms with Crippen molar-refractivity contribution >= 4 is 29.1 Å². The first-order valence-electron chi connectivity index (χ1n) is 10.6. The van der Waals surface area contributed by atoms with Crippen LogP contribution in [0, 0.1) is 5.92 Å². The molecule has 156 valence electrons. The minimum absolute atomic E-state index is 0.0399. The first-order valence-corrected chi connectivity index (χ1v) is 10.6. The van der Waals surface area contributed by atoms with Gasteiger partial charge in [0.15, 0.2) is 0 Å². The zero-order valence-electron chi connectivity index (χ0n) is 17.4. The zero-order valence-corrected chi connectivity index (χ0v) is 17.4. The molecule has 2 aromatic carbocycles. The molecule has 1 saturated heterocycles. The maximum absolute atomic E-state index is 12.8. The maximum atomic E-state index is 12.8. The standard InChI is InChI=1S/C24H27N3O3/c1-3-22(28)26-12-11-18-13-20(9-10-21(18)26)27-15-19(14-23(27)29)24(30)25-16(2)17-7-5-4-6-8-17/h4-10,13,16,19H,3,11-12,14-15H2,1-2H3,(H,25,30). The Hall–Kier alpha value is -3.15. The first-order chi connectivity index (χ1) is 14.5. The molecule has 2 atom stereocenters. The molecule has 0 saturated carbocycles. The summed E-state index contributed by atoms with van der Waals surface area (Å²) in [7, 11) is 0. The summed E-state index contributed by atoms with van der Waals surface area (Å²) in [6.07, 6.45) is 1.48. The van der Waals surface area contributed by atoms with E-state index in [2.05, 4.69) is 5.32 Å². The van der Waals surface area contributed by atoms with Gasteiger partial charge in [-0.05, 0) is 42.7 Å². The van der Waals surface area contributed by atoms with Crippen LogP contribution in [0.4, 0.5) is 11.4 Å². The number of nitrogens with one attached hydrogen (secondary N) is 1. The Kier molecular flexibility index (Phi) is 5.57. The van der Waals surface area contributed by atoms with Crippen LogP contribution in [0.3, 0.4) is 0 Å². The molecule has 3 amide bonds. The third-order valence-electron chi connectivity index (χ3n) is 6.03. The smallest absolute Gasteiger partial charge is 0.227 e. The summed E-state index contributed by atoms with van der Waals surface area (Å²) in [5, 5.41) is 3.04. The SMILES string of the molecule is CCC(=O)N1CCc2cc(N3CC(C(=O)NC(C)c4ccccc4)CC3=O)ccc21. The fraction of sp³-hybridized carbons (Fsp3) is 0.375. The molecule has 1 fully saturated rings. The van der Waals surface area contributed by atoms with Crippen LogP contribution in [0.2, 0.25) is 0 Å². The molecule has 6 heteroatoms. The summed E-state index contributed by atoms with van der Waals surface area (Å²) in [6, 6.07) is 15.5. The Morgan fingerprint density at radius 3 is 2.67 bits per heavy atom. The van der Waals surface area contributed by atoms with Gasteiger partial charge < -0.3 is 15.1 Å². The van der Waals surface area contributed by atoms with Crippen molar-refractivity contribution in [2.24, 2.45) is 5.92 Å². The van der Waals surface area contributed by atoms with E-state index in [0.29, 0.717) is 19.5 Å². The van der Waals surface area contributed by atoms with E-state index >= 15 is 0 Å². The quantitative estimate of drug-likeness (QED) is 0.830. The van der Waals surface area contributed by atoms with Crippen molar-refractivity contribution in [3.8, 4) is 0 Å². The molecule has 2 unspecified atom stereocenters. The van der Waals surface area contributed by atoms with Crippen LogP contribution >= 0.6 is 0 Å². The van der Waals surface area contributed by atoms with E-state index in [1.54, 1.807) is 4.90 Å². The van der Waals surface area contributed by atoms with Crippen molar-refractivity contribution in [1.29, 1.82) is 0 Å². The van der Waals surface area contributed by atoms with Crippen molar-refractivity contribution in [2.75, 3.05) is 22.9 Å². The van der Waals surface area contributed by atoms with E-state index in [1.807, 2.05) is 67.3 Å². The van der Waals surface area contributed by atoms with Gasteiger partial charge in [-0.25, -0.2) is 0 Å². The third kappa shape index (κ3) is 3.82. The predicted octanol–water partition coefficient (Wildman–Crippen LogP) is 3.22. The lowest BCUT2D eigenvalue weighted by atomic mass is 10.1. The molecule has 0 aliphatic carbocycles. The number of fused-ring (bicyclic) bond motifs is 1. The average Bonchev–Trinajstić information content (AvgIpc) is 3.36. The summed E-state index contributed by atoms with van der Waals surface area (Å²) in [4.78, 5) is 41.0. The second-order valence-corrected chi connectivity index (χ2v) is 8.01. The van der Waals surface area contributed by atoms with Crippen molar-refractivity contribution in [3.63, 3.8) is 0 Å². The predicted molar refractivity (Wildman–Crippen MR) is 116 cm³/mol. The highest BCUT2D eigenvalue weighted by atomic mass is 16.2. The van der Waals surface area contributed by atoms with Gasteiger partial charge in [-0.3, -0.25) is 14.4 Å². The topological polar surface area (TPSA) is 69.7 Å². The molecule has 2 aliphatic rings. The molecule has 2 aromatic rings. The fourth-order valence-electron chi connectivity index (χ4n) is 4.30. The highest BCUT2D eigenvalue weighted by Gasteiger charge is 2.36. The van der Waals surface area contributed by atoms with Gasteiger partial charge in [0.25, 0.3) is 0 Å². The Balaban J connectivity index is 1.44. The second kappa shape index (κ2) is 8.30. The van der Waals surface area contributed by atoms with Crippen molar-refractivity contribution in [1.82, 2.24) is 5.32 Å². The Morgan fingerprint density at radius 1 is 1.17 bits per heavy atom. The minimum atomic E-state index is -0.366. The van der Waals surface area contributed by atoms with Crippen LogP contribution in [0.15, 0.2) is 48.5 Å². The Labute approximate surface area is 176 Å². The lowest BCUT2D eigenvalue weighted by molar-refractivity contribution is -0.126. The number of carbonyl (C=O) groups is 3. The summed E-state index contributed by atoms with van der Waals surface area (Å²) < 4.78 is 0. The van der Waals surface area contributed by atoms with E-state index in [4.69, 9.17) is 0 Å². The molecule has 4 rings (SSSR count). The molecule has 0 bridgehead atoms. The number of benzene rings is 2. The average molecular weight is 405 g/mol. The molecular weight excluding hydrogens is 378 g/mol. The Morgan fingerprint density at radius 2 is 1.93 bits per heavy atom. The van der Waals surface area contributed by atoms with Gasteiger partial charge in [-0.1, -0.05) is 37.3 Å². The van der Waals surface area contributed by atoms with Gasteiger partial charge >= 0.3 is 0 Å². The van der Waals surface area contributed by atoms with E-state index in [0.717, 1.165) is 28.9 Å². The summed E-state index contributed by atoms with van der Waals surface area (Å²) >= 11 is 0. The zero-order chi connectivity index (χ0) is 21.3. The summed E-state index contributed by atoms with van der Waals surface area (Å²) in [6.45, 7) is 4.87. The van der Waals surface area contributed by atoms with Crippen LogP contribution in [0.25, 0.3) is 0 Å². The molecule has 30 heavy (non-hydrogen) atoms. The van der Waals surface area contributed by atoms with Gasteiger partial charge in [0.05, 0.1) is 12.0 Å². The molecule has 0 radical (unpaired) electrons. The maximum Gasteiger partial charge on any atom is 0.227 e. The molecule has 2 aliphatic heterocycles. The number of amides is 3. The number of anilines is 2. The molecule has 0 spiro atoms. The molecule has 0 aromatic heterocycles. The van der Waals surface area contributed by atoms with E-state index in [1.165, 1.54) is 0 Å². The van der Waals surface area contributed by atoms with E-state index in [-0.39, 0.29) is 36.1 Å². The van der Waals surface area contributed by atoms with E-state index in [9.17, 15) is 14.4 Å². The highest BCUT2D eigenvalue weighted by Crippen LogP contribution is 2.34. The van der Waals surface area contributed by atoms with Crippen LogP contribution in [-0.2, 0) is 20.8 Å². The molecule has 6 nitrogen and oxygen atoms in total. The van der Waals surface area contributed by atoms with Gasteiger partial charge in [-0.2, -0.15) is 0 Å². The number of hydrogen-bond donors (Lipinski definition) is 1. The monoisotopic (exact) mass is 405 g/mol. The van der Waals surface area contributed by atoms with Crippen LogP contribution in [0.5, 0.6) is 0 Å². The molecular formula is C24H27N3O3. The van der Waals surface area contributed by atoms with Gasteiger partial charge in [0, 0.05) is 37.3 Å². The van der Waals surface area contributed by atoms with Gasteiger partial charge in [0.2, 0.25) is 17.7 Å².